The van der Waals surface area contributed by atoms with Crippen molar-refractivity contribution in [3.8, 4) is 5.75 Å². The van der Waals surface area contributed by atoms with Crippen LogP contribution in [0.1, 0.15) is 31.1 Å². The maximum atomic E-state index is 10.8. The van der Waals surface area contributed by atoms with Crippen LogP contribution < -0.4 is 10.5 Å². The van der Waals surface area contributed by atoms with Crippen molar-refractivity contribution in [2.24, 2.45) is 0 Å². The molecule has 0 fully saturated rings. The molecule has 17 heavy (non-hydrogen) atoms. The van der Waals surface area contributed by atoms with Gasteiger partial charge in [0.1, 0.15) is 12.4 Å². The molecule has 1 aromatic heterocycles. The van der Waals surface area contributed by atoms with E-state index in [4.69, 9.17) is 9.15 Å². The van der Waals surface area contributed by atoms with Crippen LogP contribution in [0.15, 0.2) is 39.7 Å². The molecule has 0 bridgehead atoms. The summed E-state index contributed by atoms with van der Waals surface area (Å²) in [6, 6.07) is 7.86. The van der Waals surface area contributed by atoms with E-state index in [1.165, 1.54) is 6.20 Å². The molecule has 1 heterocycles. The Morgan fingerprint density at radius 1 is 1.35 bits per heavy atom. The van der Waals surface area contributed by atoms with Gasteiger partial charge in [-0.05, 0) is 17.5 Å². The van der Waals surface area contributed by atoms with Crippen molar-refractivity contribution in [1.82, 2.24) is 4.98 Å². The van der Waals surface area contributed by atoms with Crippen LogP contribution in [0.25, 0.3) is 0 Å². The van der Waals surface area contributed by atoms with E-state index < -0.39 is 5.76 Å². The Balaban J connectivity index is 2.11. The molecule has 90 valence electrons. The highest BCUT2D eigenvalue weighted by atomic mass is 16.5. The van der Waals surface area contributed by atoms with Crippen LogP contribution in [0.3, 0.4) is 0 Å². The van der Waals surface area contributed by atoms with Gasteiger partial charge in [-0.1, -0.05) is 32.0 Å². The van der Waals surface area contributed by atoms with Gasteiger partial charge >= 0.3 is 5.76 Å². The first kappa shape index (κ1) is 11.5. The highest BCUT2D eigenvalue weighted by Crippen LogP contribution is 2.26. The van der Waals surface area contributed by atoms with Crippen LogP contribution in [0.5, 0.6) is 5.75 Å². The third-order valence-electron chi connectivity index (χ3n) is 2.49. The fourth-order valence-electron chi connectivity index (χ4n) is 1.63. The number of benzene rings is 1. The number of aromatic amines is 1. The number of nitrogens with one attached hydrogen (secondary N) is 1. The molecule has 0 atom stereocenters. The summed E-state index contributed by atoms with van der Waals surface area (Å²) in [4.78, 5) is 13.2. The number of aromatic nitrogens is 1. The van der Waals surface area contributed by atoms with E-state index in [1.807, 2.05) is 24.3 Å². The van der Waals surface area contributed by atoms with E-state index >= 15 is 0 Å². The maximum Gasteiger partial charge on any atom is 0.416 e. The molecule has 4 heteroatoms. The summed E-state index contributed by atoms with van der Waals surface area (Å²) in [5, 5.41) is 0. The quantitative estimate of drug-likeness (QED) is 0.883. The zero-order chi connectivity index (χ0) is 12.3. The standard InChI is InChI=1S/C13H15NO3/c1-9(2)11-5-3-4-6-12(11)16-8-10-7-14-13(15)17-10/h3-7,9H,8H2,1-2H3,(H,14,15). The molecular formula is C13H15NO3. The summed E-state index contributed by atoms with van der Waals surface area (Å²) in [7, 11) is 0. The second kappa shape index (κ2) is 4.91. The lowest BCUT2D eigenvalue weighted by molar-refractivity contribution is 0.263. The van der Waals surface area contributed by atoms with E-state index in [0.29, 0.717) is 11.7 Å². The number of ether oxygens (including phenoxy) is 1. The molecule has 2 aromatic rings. The summed E-state index contributed by atoms with van der Waals surface area (Å²) in [5.41, 5.74) is 1.14. The number of rotatable bonds is 4. The second-order valence-corrected chi connectivity index (χ2v) is 4.13. The number of H-pyrrole nitrogens is 1. The van der Waals surface area contributed by atoms with Crippen LogP contribution in [0.2, 0.25) is 0 Å². The molecule has 1 aromatic carbocycles. The predicted octanol–water partition coefficient (Wildman–Crippen LogP) is 2.67. The summed E-state index contributed by atoms with van der Waals surface area (Å²) in [5.74, 6) is 1.25. The lowest BCUT2D eigenvalue weighted by atomic mass is 10.0. The van der Waals surface area contributed by atoms with E-state index in [2.05, 4.69) is 18.8 Å². The summed E-state index contributed by atoms with van der Waals surface area (Å²) in [6.45, 7) is 4.47. The fraction of sp³-hybridized carbons (Fsp3) is 0.308. The van der Waals surface area contributed by atoms with Crippen molar-refractivity contribution in [1.29, 1.82) is 0 Å². The van der Waals surface area contributed by atoms with Gasteiger partial charge in [-0.2, -0.15) is 0 Å². The lowest BCUT2D eigenvalue weighted by Gasteiger charge is -2.12. The molecule has 0 aliphatic heterocycles. The average molecular weight is 233 g/mol. The van der Waals surface area contributed by atoms with Crippen LogP contribution in [0.4, 0.5) is 0 Å². The highest BCUT2D eigenvalue weighted by molar-refractivity contribution is 5.35. The number of hydrogen-bond donors (Lipinski definition) is 1. The predicted molar refractivity (Wildman–Crippen MR) is 64.2 cm³/mol. The Labute approximate surface area is 99.2 Å². The van der Waals surface area contributed by atoms with Crippen LogP contribution in [-0.4, -0.2) is 4.98 Å². The Morgan fingerprint density at radius 3 is 2.76 bits per heavy atom. The third-order valence-corrected chi connectivity index (χ3v) is 2.49. The molecule has 0 aliphatic carbocycles. The Kier molecular flexibility index (Phi) is 3.32. The maximum absolute atomic E-state index is 10.8. The minimum absolute atomic E-state index is 0.252. The van der Waals surface area contributed by atoms with Crippen LogP contribution in [-0.2, 0) is 6.61 Å². The normalized spacial score (nSPS) is 10.8. The minimum Gasteiger partial charge on any atom is -0.485 e. The summed E-state index contributed by atoms with van der Waals surface area (Å²) < 4.78 is 10.5. The minimum atomic E-state index is -0.458. The van der Waals surface area contributed by atoms with E-state index in [0.717, 1.165) is 11.3 Å². The first-order chi connectivity index (χ1) is 8.16. The van der Waals surface area contributed by atoms with Gasteiger partial charge in [0, 0.05) is 6.20 Å². The van der Waals surface area contributed by atoms with Gasteiger partial charge in [0.15, 0.2) is 5.76 Å². The molecule has 0 unspecified atom stereocenters. The number of para-hydroxylation sites is 1. The molecule has 0 saturated carbocycles. The SMILES string of the molecule is CC(C)c1ccccc1OCc1c[nH]c(=O)o1. The molecule has 0 amide bonds. The van der Waals surface area contributed by atoms with Crippen LogP contribution in [0, 0.1) is 0 Å². The third kappa shape index (κ3) is 2.78. The van der Waals surface area contributed by atoms with E-state index in [9.17, 15) is 4.79 Å². The second-order valence-electron chi connectivity index (χ2n) is 4.13. The van der Waals surface area contributed by atoms with Gasteiger partial charge in [0.2, 0.25) is 0 Å². The van der Waals surface area contributed by atoms with Crippen molar-refractivity contribution in [2.45, 2.75) is 26.4 Å². The molecule has 2 rings (SSSR count). The topological polar surface area (TPSA) is 55.2 Å². The first-order valence-corrected chi connectivity index (χ1v) is 5.56. The Hall–Kier alpha value is -1.97. The summed E-state index contributed by atoms with van der Waals surface area (Å²) in [6.07, 6.45) is 1.51. The van der Waals surface area contributed by atoms with Crippen molar-refractivity contribution < 1.29 is 9.15 Å². The highest BCUT2D eigenvalue weighted by Gasteiger charge is 2.07. The van der Waals surface area contributed by atoms with Gasteiger partial charge in [0.25, 0.3) is 0 Å². The van der Waals surface area contributed by atoms with Gasteiger partial charge in [-0.15, -0.1) is 0 Å². The van der Waals surface area contributed by atoms with Gasteiger partial charge in [0.05, 0.1) is 0 Å². The monoisotopic (exact) mass is 233 g/mol. The van der Waals surface area contributed by atoms with Gasteiger partial charge < -0.3 is 9.15 Å². The van der Waals surface area contributed by atoms with Crippen molar-refractivity contribution in [3.63, 3.8) is 0 Å². The van der Waals surface area contributed by atoms with Gasteiger partial charge in [-0.25, -0.2) is 4.79 Å². The zero-order valence-electron chi connectivity index (χ0n) is 9.90. The molecule has 0 radical (unpaired) electrons. The van der Waals surface area contributed by atoms with Crippen molar-refractivity contribution in [3.05, 3.63) is 52.3 Å². The molecule has 4 nitrogen and oxygen atoms in total. The first-order valence-electron chi connectivity index (χ1n) is 5.56. The Morgan fingerprint density at radius 2 is 2.12 bits per heavy atom. The van der Waals surface area contributed by atoms with E-state index in [-0.39, 0.29) is 6.61 Å². The molecule has 1 N–H and O–H groups in total. The molecular weight excluding hydrogens is 218 g/mol. The molecule has 0 spiro atoms. The molecule has 0 aliphatic rings. The Bertz CT molecular complexity index is 539. The van der Waals surface area contributed by atoms with Crippen molar-refractivity contribution >= 4 is 0 Å². The number of hydrogen-bond acceptors (Lipinski definition) is 3. The summed E-state index contributed by atoms with van der Waals surface area (Å²) >= 11 is 0. The van der Waals surface area contributed by atoms with Gasteiger partial charge in [-0.3, -0.25) is 4.98 Å². The van der Waals surface area contributed by atoms with E-state index in [1.54, 1.807) is 0 Å². The largest absolute Gasteiger partial charge is 0.485 e. The lowest BCUT2D eigenvalue weighted by Crippen LogP contribution is -1.99. The average Bonchev–Trinajstić information content (AvgIpc) is 2.73. The van der Waals surface area contributed by atoms with Crippen molar-refractivity contribution in [2.75, 3.05) is 0 Å². The molecule has 0 saturated heterocycles. The smallest absolute Gasteiger partial charge is 0.416 e. The zero-order valence-corrected chi connectivity index (χ0v) is 9.90. The number of oxazole rings is 1. The fourth-order valence-corrected chi connectivity index (χ4v) is 1.63. The van der Waals surface area contributed by atoms with Crippen LogP contribution >= 0.6 is 0 Å².